The molecule has 5 heteroatoms. The molecule has 1 fully saturated rings. The van der Waals surface area contributed by atoms with Crippen LogP contribution in [0, 0.1) is 0 Å². The van der Waals surface area contributed by atoms with Crippen LogP contribution in [0.1, 0.15) is 18.4 Å². The molecular weight excluding hydrogens is 322 g/mol. The van der Waals surface area contributed by atoms with Crippen LogP contribution < -0.4 is 10.1 Å². The van der Waals surface area contributed by atoms with Gasteiger partial charge in [-0.05, 0) is 12.1 Å². The van der Waals surface area contributed by atoms with Crippen LogP contribution in [0.4, 0.5) is 0 Å². The number of benzene rings is 1. The summed E-state index contributed by atoms with van der Waals surface area (Å²) in [5.74, 6) is 0.894. The molecule has 1 N–H and O–H groups in total. The highest BCUT2D eigenvalue weighted by Crippen LogP contribution is 2.25. The molecule has 1 heterocycles. The van der Waals surface area contributed by atoms with E-state index in [4.69, 9.17) is 14.2 Å². The van der Waals surface area contributed by atoms with Gasteiger partial charge in [0.05, 0.1) is 12.7 Å². The summed E-state index contributed by atoms with van der Waals surface area (Å²) in [6.45, 7) is 3.14. The third-order valence-corrected chi connectivity index (χ3v) is 4.34. The minimum absolute atomic E-state index is 0.0964. The highest BCUT2D eigenvalue weighted by Gasteiger charge is 2.31. The van der Waals surface area contributed by atoms with Gasteiger partial charge in [-0.1, -0.05) is 22.0 Å². The Labute approximate surface area is 128 Å². The lowest BCUT2D eigenvalue weighted by atomic mass is 9.94. The number of hydrogen-bond acceptors (Lipinski definition) is 4. The fraction of sp³-hybridized carbons (Fsp3) is 0.600. The lowest BCUT2D eigenvalue weighted by molar-refractivity contribution is -0.0877. The third kappa shape index (κ3) is 3.95. The summed E-state index contributed by atoms with van der Waals surface area (Å²) in [6.07, 6.45) is 1.88. The van der Waals surface area contributed by atoms with Gasteiger partial charge in [0.15, 0.2) is 0 Å². The van der Waals surface area contributed by atoms with Crippen LogP contribution >= 0.6 is 15.9 Å². The number of methoxy groups -OCH3 is 2. The minimum atomic E-state index is -0.0964. The van der Waals surface area contributed by atoms with Crippen LogP contribution in [0.2, 0.25) is 0 Å². The second-order valence-electron chi connectivity index (χ2n) is 5.06. The first-order valence-electron chi connectivity index (χ1n) is 6.85. The topological polar surface area (TPSA) is 39.7 Å². The summed E-state index contributed by atoms with van der Waals surface area (Å²) < 4.78 is 17.5. The molecule has 0 unspecified atom stereocenters. The number of halogens is 1. The summed E-state index contributed by atoms with van der Waals surface area (Å²) in [6, 6.07) is 6.08. The van der Waals surface area contributed by atoms with Crippen LogP contribution in [0.15, 0.2) is 22.7 Å². The zero-order valence-corrected chi connectivity index (χ0v) is 13.7. The van der Waals surface area contributed by atoms with Gasteiger partial charge in [-0.15, -0.1) is 0 Å². The Bertz CT molecular complexity index is 433. The summed E-state index contributed by atoms with van der Waals surface area (Å²) in [7, 11) is 3.48. The second-order valence-corrected chi connectivity index (χ2v) is 5.97. The Hall–Kier alpha value is -0.620. The van der Waals surface area contributed by atoms with Crippen LogP contribution in [0.5, 0.6) is 5.75 Å². The molecular formula is C15H22BrNO3. The molecule has 1 saturated heterocycles. The normalized spacial score (nSPS) is 17.9. The van der Waals surface area contributed by atoms with Crippen molar-refractivity contribution in [1.82, 2.24) is 5.32 Å². The molecule has 4 nitrogen and oxygen atoms in total. The van der Waals surface area contributed by atoms with Gasteiger partial charge in [-0.2, -0.15) is 0 Å². The van der Waals surface area contributed by atoms with E-state index >= 15 is 0 Å². The summed E-state index contributed by atoms with van der Waals surface area (Å²) in [4.78, 5) is 0. The van der Waals surface area contributed by atoms with Gasteiger partial charge in [-0.25, -0.2) is 0 Å². The average Bonchev–Trinajstić information content (AvgIpc) is 2.49. The SMILES string of the molecule is COc1cc(Br)ccc1CNCC1(OC)CCOCC1. The van der Waals surface area contributed by atoms with Crippen LogP contribution in [-0.4, -0.2) is 39.6 Å². The van der Waals surface area contributed by atoms with Crippen molar-refractivity contribution >= 4 is 15.9 Å². The Kier molecular flexibility index (Phi) is 5.84. The predicted molar refractivity (Wildman–Crippen MR) is 82.2 cm³/mol. The molecule has 0 spiro atoms. The molecule has 0 aromatic heterocycles. The molecule has 112 valence electrons. The Morgan fingerprint density at radius 2 is 2.05 bits per heavy atom. The van der Waals surface area contributed by atoms with E-state index in [0.29, 0.717) is 0 Å². The Morgan fingerprint density at radius 1 is 1.30 bits per heavy atom. The smallest absolute Gasteiger partial charge is 0.124 e. The molecule has 1 aromatic rings. The van der Waals surface area contributed by atoms with Crippen molar-refractivity contribution in [2.45, 2.75) is 25.0 Å². The molecule has 0 saturated carbocycles. The highest BCUT2D eigenvalue weighted by molar-refractivity contribution is 9.10. The van der Waals surface area contributed by atoms with Gasteiger partial charge in [-0.3, -0.25) is 0 Å². The first kappa shape index (κ1) is 15.8. The van der Waals surface area contributed by atoms with E-state index in [2.05, 4.69) is 27.3 Å². The van der Waals surface area contributed by atoms with Crippen LogP contribution in [-0.2, 0) is 16.0 Å². The monoisotopic (exact) mass is 343 g/mol. The van der Waals surface area contributed by atoms with Gasteiger partial charge in [0.2, 0.25) is 0 Å². The number of nitrogens with one attached hydrogen (secondary N) is 1. The maximum absolute atomic E-state index is 5.71. The maximum atomic E-state index is 5.71. The lowest BCUT2D eigenvalue weighted by Crippen LogP contribution is -2.46. The van der Waals surface area contributed by atoms with E-state index in [1.165, 1.54) is 0 Å². The Morgan fingerprint density at radius 3 is 2.70 bits per heavy atom. The molecule has 2 rings (SSSR count). The van der Waals surface area contributed by atoms with Crippen molar-refractivity contribution in [2.75, 3.05) is 34.0 Å². The largest absolute Gasteiger partial charge is 0.496 e. The van der Waals surface area contributed by atoms with Crippen LogP contribution in [0.25, 0.3) is 0 Å². The van der Waals surface area contributed by atoms with Crippen molar-refractivity contribution in [2.24, 2.45) is 0 Å². The molecule has 1 aliphatic rings. The maximum Gasteiger partial charge on any atom is 0.124 e. The predicted octanol–water partition coefficient (Wildman–Crippen LogP) is 2.74. The summed E-state index contributed by atoms with van der Waals surface area (Å²) in [5, 5.41) is 3.48. The lowest BCUT2D eigenvalue weighted by Gasteiger charge is -2.36. The molecule has 0 bridgehead atoms. The van der Waals surface area contributed by atoms with E-state index < -0.39 is 0 Å². The highest BCUT2D eigenvalue weighted by atomic mass is 79.9. The quantitative estimate of drug-likeness (QED) is 0.862. The van der Waals surface area contributed by atoms with Gasteiger partial charge in [0.1, 0.15) is 5.75 Å². The number of hydrogen-bond donors (Lipinski definition) is 1. The molecule has 0 aliphatic carbocycles. The fourth-order valence-corrected chi connectivity index (χ4v) is 2.83. The zero-order valence-electron chi connectivity index (χ0n) is 12.1. The molecule has 0 atom stereocenters. The van der Waals surface area contributed by atoms with Crippen LogP contribution in [0.3, 0.4) is 0 Å². The molecule has 0 amide bonds. The van der Waals surface area contributed by atoms with Gasteiger partial charge < -0.3 is 19.5 Å². The van der Waals surface area contributed by atoms with Gasteiger partial charge in [0.25, 0.3) is 0 Å². The first-order chi connectivity index (χ1) is 9.69. The van der Waals surface area contributed by atoms with E-state index in [1.54, 1.807) is 14.2 Å². The fourth-order valence-electron chi connectivity index (χ4n) is 2.49. The number of rotatable bonds is 6. The molecule has 1 aromatic carbocycles. The summed E-state index contributed by atoms with van der Waals surface area (Å²) in [5.41, 5.74) is 1.05. The molecule has 0 radical (unpaired) electrons. The van der Waals surface area contributed by atoms with Crippen molar-refractivity contribution in [3.63, 3.8) is 0 Å². The second kappa shape index (κ2) is 7.41. The summed E-state index contributed by atoms with van der Waals surface area (Å²) >= 11 is 3.45. The number of ether oxygens (including phenoxy) is 3. The van der Waals surface area contributed by atoms with E-state index in [-0.39, 0.29) is 5.60 Å². The average molecular weight is 344 g/mol. The third-order valence-electron chi connectivity index (χ3n) is 3.85. The van der Waals surface area contributed by atoms with E-state index in [9.17, 15) is 0 Å². The van der Waals surface area contributed by atoms with Crippen molar-refractivity contribution in [3.8, 4) is 5.75 Å². The van der Waals surface area contributed by atoms with Crippen molar-refractivity contribution < 1.29 is 14.2 Å². The van der Waals surface area contributed by atoms with Gasteiger partial charge >= 0.3 is 0 Å². The van der Waals surface area contributed by atoms with Crippen molar-refractivity contribution in [3.05, 3.63) is 28.2 Å². The molecule has 20 heavy (non-hydrogen) atoms. The standard InChI is InChI=1S/C15H22BrNO3/c1-18-14-9-13(16)4-3-12(14)10-17-11-15(19-2)5-7-20-8-6-15/h3-4,9,17H,5-8,10-11H2,1-2H3. The van der Waals surface area contributed by atoms with Crippen molar-refractivity contribution in [1.29, 1.82) is 0 Å². The first-order valence-corrected chi connectivity index (χ1v) is 7.64. The minimum Gasteiger partial charge on any atom is -0.496 e. The molecule has 1 aliphatic heterocycles. The van der Waals surface area contributed by atoms with Gasteiger partial charge in [0, 0.05) is 56.3 Å². The van der Waals surface area contributed by atoms with E-state index in [0.717, 1.165) is 54.9 Å². The van der Waals surface area contributed by atoms with E-state index in [1.807, 2.05) is 12.1 Å². The zero-order chi connectivity index (χ0) is 14.4. The Balaban J connectivity index is 1.91.